The third-order valence-corrected chi connectivity index (χ3v) is 4.76. The molecule has 0 amide bonds. The van der Waals surface area contributed by atoms with Crippen molar-refractivity contribution >= 4 is 11.8 Å². The summed E-state index contributed by atoms with van der Waals surface area (Å²) in [6.07, 6.45) is 1.27. The van der Waals surface area contributed by atoms with Gasteiger partial charge in [-0.25, -0.2) is 0 Å². The van der Waals surface area contributed by atoms with Gasteiger partial charge < -0.3 is 14.5 Å². The molecule has 0 bridgehead atoms. The van der Waals surface area contributed by atoms with Crippen LogP contribution < -0.4 is 5.32 Å². The molecule has 1 aliphatic rings. The highest BCUT2D eigenvalue weighted by Crippen LogP contribution is 2.42. The summed E-state index contributed by atoms with van der Waals surface area (Å²) in [5, 5.41) is 3.44. The van der Waals surface area contributed by atoms with Crippen LogP contribution in [0.15, 0.2) is 16.5 Å². The smallest absolute Gasteiger partial charge is 0.284 e. The first-order valence-corrected chi connectivity index (χ1v) is 7.72. The van der Waals surface area contributed by atoms with E-state index in [0.717, 1.165) is 12.2 Å². The van der Waals surface area contributed by atoms with Crippen molar-refractivity contribution in [3.8, 4) is 0 Å². The van der Waals surface area contributed by atoms with E-state index in [-0.39, 0.29) is 17.3 Å². The quantitative estimate of drug-likeness (QED) is 0.834. The number of hydrogen-bond acceptors (Lipinski definition) is 4. The van der Waals surface area contributed by atoms with Crippen LogP contribution in [0.3, 0.4) is 0 Å². The minimum absolute atomic E-state index is 0.107. The maximum absolute atomic E-state index is 12.1. The van der Waals surface area contributed by atoms with E-state index < -0.39 is 5.76 Å². The molecule has 1 aromatic heterocycles. The number of alkyl halides is 2. The van der Waals surface area contributed by atoms with E-state index in [2.05, 4.69) is 19.2 Å². The lowest BCUT2D eigenvalue weighted by atomic mass is 9.64. The summed E-state index contributed by atoms with van der Waals surface area (Å²) in [6, 6.07) is 3.99. The van der Waals surface area contributed by atoms with E-state index in [1.54, 1.807) is 13.2 Å². The number of nitrogens with one attached hydrogen (secondary N) is 1. The van der Waals surface area contributed by atoms with Crippen LogP contribution in [-0.2, 0) is 17.0 Å². The molecule has 1 fully saturated rings. The molecule has 0 radical (unpaired) electrons. The first-order chi connectivity index (χ1) is 9.43. The van der Waals surface area contributed by atoms with E-state index >= 15 is 0 Å². The second-order valence-corrected chi connectivity index (χ2v) is 6.63. The Kier molecular flexibility index (Phi) is 5.09. The molecule has 0 aliphatic heterocycles. The molecule has 0 spiro atoms. The van der Waals surface area contributed by atoms with Crippen LogP contribution in [0.4, 0.5) is 8.78 Å². The lowest BCUT2D eigenvalue weighted by Gasteiger charge is -2.51. The highest BCUT2D eigenvalue weighted by atomic mass is 32.2. The zero-order chi connectivity index (χ0) is 14.8. The van der Waals surface area contributed by atoms with Crippen LogP contribution >= 0.6 is 11.8 Å². The summed E-state index contributed by atoms with van der Waals surface area (Å²) >= 11 is 0.577. The van der Waals surface area contributed by atoms with Gasteiger partial charge in [-0.15, -0.1) is 0 Å². The van der Waals surface area contributed by atoms with Crippen LogP contribution in [0.5, 0.6) is 0 Å². The zero-order valence-electron chi connectivity index (χ0n) is 12.0. The predicted molar refractivity (Wildman–Crippen MR) is 75.8 cm³/mol. The minimum Gasteiger partial charge on any atom is -0.464 e. The van der Waals surface area contributed by atoms with Gasteiger partial charge in [-0.05, 0) is 18.6 Å². The molecular weight excluding hydrogens is 284 g/mol. The van der Waals surface area contributed by atoms with Gasteiger partial charge in [-0.3, -0.25) is 0 Å². The Morgan fingerprint density at radius 3 is 2.75 bits per heavy atom. The number of furan rings is 1. The highest BCUT2D eigenvalue weighted by molar-refractivity contribution is 7.98. The fourth-order valence-corrected chi connectivity index (χ4v) is 3.04. The second kappa shape index (κ2) is 6.45. The number of ether oxygens (including phenoxy) is 1. The third-order valence-electron chi connectivity index (χ3n) is 4.05. The van der Waals surface area contributed by atoms with Gasteiger partial charge in [0.15, 0.2) is 0 Å². The Morgan fingerprint density at radius 2 is 2.15 bits per heavy atom. The summed E-state index contributed by atoms with van der Waals surface area (Å²) < 4.78 is 35.1. The molecule has 0 saturated heterocycles. The maximum Gasteiger partial charge on any atom is 0.284 e. The van der Waals surface area contributed by atoms with Crippen molar-refractivity contribution < 1.29 is 17.9 Å². The van der Waals surface area contributed by atoms with Crippen LogP contribution in [-0.4, -0.2) is 25.0 Å². The fourth-order valence-electron chi connectivity index (χ4n) is 2.60. The normalized spacial score (nSPS) is 24.9. The zero-order valence-corrected chi connectivity index (χ0v) is 12.8. The SMILES string of the molecule is COC1CC(NCc2ccc(CSC(F)F)o2)C1(C)C. The summed E-state index contributed by atoms with van der Waals surface area (Å²) in [7, 11) is 1.74. The van der Waals surface area contributed by atoms with E-state index in [9.17, 15) is 8.78 Å². The van der Waals surface area contributed by atoms with Crippen molar-refractivity contribution in [1.82, 2.24) is 5.32 Å². The lowest BCUT2D eigenvalue weighted by molar-refractivity contribution is -0.0982. The molecule has 0 aromatic carbocycles. The lowest BCUT2D eigenvalue weighted by Crippen LogP contribution is -2.60. The van der Waals surface area contributed by atoms with E-state index in [0.29, 0.717) is 30.1 Å². The van der Waals surface area contributed by atoms with Gasteiger partial charge >= 0.3 is 0 Å². The number of methoxy groups -OCH3 is 1. The van der Waals surface area contributed by atoms with Crippen molar-refractivity contribution in [2.24, 2.45) is 5.41 Å². The molecule has 1 saturated carbocycles. The van der Waals surface area contributed by atoms with Crippen LogP contribution in [0.25, 0.3) is 0 Å². The molecule has 2 atom stereocenters. The molecule has 2 unspecified atom stereocenters. The first-order valence-electron chi connectivity index (χ1n) is 6.67. The van der Waals surface area contributed by atoms with Crippen molar-refractivity contribution in [2.45, 2.75) is 50.5 Å². The summed E-state index contributed by atoms with van der Waals surface area (Å²) in [5.41, 5.74) is 0.107. The van der Waals surface area contributed by atoms with Crippen molar-refractivity contribution in [2.75, 3.05) is 7.11 Å². The summed E-state index contributed by atoms with van der Waals surface area (Å²) in [5.74, 6) is -0.775. The van der Waals surface area contributed by atoms with Gasteiger partial charge in [0.05, 0.1) is 18.4 Å². The van der Waals surface area contributed by atoms with Gasteiger partial charge in [0.2, 0.25) is 0 Å². The fraction of sp³-hybridized carbons (Fsp3) is 0.714. The summed E-state index contributed by atoms with van der Waals surface area (Å²) in [4.78, 5) is 0. The van der Waals surface area contributed by atoms with Crippen LogP contribution in [0, 0.1) is 5.41 Å². The van der Waals surface area contributed by atoms with Crippen molar-refractivity contribution in [3.05, 3.63) is 23.7 Å². The Bertz CT molecular complexity index is 437. The topological polar surface area (TPSA) is 34.4 Å². The minimum atomic E-state index is -2.36. The predicted octanol–water partition coefficient (Wildman–Crippen LogP) is 3.64. The van der Waals surface area contributed by atoms with Gasteiger partial charge in [-0.2, -0.15) is 8.78 Å². The largest absolute Gasteiger partial charge is 0.464 e. The molecule has 1 heterocycles. The van der Waals surface area contributed by atoms with Gasteiger partial charge in [0, 0.05) is 18.6 Å². The van der Waals surface area contributed by atoms with E-state index in [1.807, 2.05) is 6.07 Å². The van der Waals surface area contributed by atoms with Crippen LogP contribution in [0.2, 0.25) is 0 Å². The maximum atomic E-state index is 12.1. The van der Waals surface area contributed by atoms with Crippen LogP contribution in [0.1, 0.15) is 31.8 Å². The van der Waals surface area contributed by atoms with Crippen molar-refractivity contribution in [1.29, 1.82) is 0 Å². The van der Waals surface area contributed by atoms with E-state index in [1.165, 1.54) is 0 Å². The summed E-state index contributed by atoms with van der Waals surface area (Å²) in [6.45, 7) is 4.97. The Hall–Kier alpha value is -0.590. The molecule has 3 nitrogen and oxygen atoms in total. The van der Waals surface area contributed by atoms with Gasteiger partial charge in [-0.1, -0.05) is 25.6 Å². The molecular formula is C14H21F2NO2S. The standard InChI is InChI=1S/C14H21F2NO2S/c1-14(2)11(6-12(14)18-3)17-7-9-4-5-10(19-9)8-20-13(15)16/h4-5,11-13,17H,6-8H2,1-3H3. The molecule has 1 aromatic rings. The third kappa shape index (κ3) is 3.54. The molecule has 6 heteroatoms. The molecule has 2 rings (SSSR count). The number of rotatable bonds is 7. The molecule has 114 valence electrons. The van der Waals surface area contributed by atoms with E-state index in [4.69, 9.17) is 9.15 Å². The highest BCUT2D eigenvalue weighted by Gasteiger charge is 2.48. The molecule has 1 N–H and O–H groups in total. The Labute approximate surface area is 122 Å². The number of thioether (sulfide) groups is 1. The first kappa shape index (κ1) is 15.8. The molecule has 1 aliphatic carbocycles. The Balaban J connectivity index is 1.78. The monoisotopic (exact) mass is 305 g/mol. The molecule has 20 heavy (non-hydrogen) atoms. The average molecular weight is 305 g/mol. The van der Waals surface area contributed by atoms with Gasteiger partial charge in [0.1, 0.15) is 11.5 Å². The number of hydrogen-bond donors (Lipinski definition) is 1. The van der Waals surface area contributed by atoms with Crippen molar-refractivity contribution in [3.63, 3.8) is 0 Å². The number of halogens is 2. The second-order valence-electron chi connectivity index (χ2n) is 5.65. The average Bonchev–Trinajstić information content (AvgIpc) is 2.83. The van der Waals surface area contributed by atoms with Gasteiger partial charge in [0.25, 0.3) is 5.76 Å². The Morgan fingerprint density at radius 1 is 1.45 bits per heavy atom.